The second kappa shape index (κ2) is 10.1. The van der Waals surface area contributed by atoms with Gasteiger partial charge in [0.25, 0.3) is 5.91 Å². The Kier molecular flexibility index (Phi) is 6.83. The van der Waals surface area contributed by atoms with Crippen LogP contribution >= 0.6 is 0 Å². The Hall–Kier alpha value is -3.94. The minimum Gasteiger partial charge on any atom is -0.465 e. The van der Waals surface area contributed by atoms with E-state index in [1.54, 1.807) is 6.26 Å². The van der Waals surface area contributed by atoms with Crippen molar-refractivity contribution in [1.82, 2.24) is 15.6 Å². The van der Waals surface area contributed by atoms with Gasteiger partial charge in [-0.2, -0.15) is 0 Å². The number of allylic oxidation sites excluding steroid dienone is 1. The fraction of sp³-hybridized carbons (Fsp3) is 0.280. The van der Waals surface area contributed by atoms with Crippen molar-refractivity contribution >= 4 is 40.5 Å². The lowest BCUT2D eigenvalue weighted by Gasteiger charge is -2.22. The maximum absolute atomic E-state index is 13.1. The average molecular weight is 447 g/mol. The molecule has 0 fully saturated rings. The molecule has 3 aromatic rings. The van der Waals surface area contributed by atoms with Gasteiger partial charge in [0, 0.05) is 11.9 Å². The first-order valence-corrected chi connectivity index (χ1v) is 11.0. The zero-order chi connectivity index (χ0) is 23.2. The largest absolute Gasteiger partial charge is 0.465 e. The van der Waals surface area contributed by atoms with Crippen LogP contribution in [0, 0.1) is 0 Å². The number of benzene rings is 1. The minimum atomic E-state index is -0.692. The van der Waals surface area contributed by atoms with Gasteiger partial charge in [-0.05, 0) is 61.1 Å². The van der Waals surface area contributed by atoms with Crippen molar-refractivity contribution < 1.29 is 23.5 Å². The molecule has 33 heavy (non-hydrogen) atoms. The molecule has 1 aliphatic carbocycles. The highest BCUT2D eigenvalue weighted by atomic mass is 16.5. The zero-order valence-corrected chi connectivity index (χ0v) is 18.3. The van der Waals surface area contributed by atoms with Crippen LogP contribution < -0.4 is 10.6 Å². The van der Waals surface area contributed by atoms with Crippen molar-refractivity contribution in [3.8, 4) is 0 Å². The van der Waals surface area contributed by atoms with Crippen molar-refractivity contribution in [1.29, 1.82) is 0 Å². The number of rotatable bonds is 6. The predicted octanol–water partition coefficient (Wildman–Crippen LogP) is 4.10. The molecule has 4 rings (SSSR count). The van der Waals surface area contributed by atoms with E-state index in [-0.39, 0.29) is 0 Å². The fourth-order valence-electron chi connectivity index (χ4n) is 3.90. The van der Waals surface area contributed by atoms with Gasteiger partial charge in [0.1, 0.15) is 5.76 Å². The first-order chi connectivity index (χ1) is 16.1. The van der Waals surface area contributed by atoms with E-state index in [0.29, 0.717) is 29.4 Å². The van der Waals surface area contributed by atoms with E-state index in [9.17, 15) is 14.4 Å². The van der Waals surface area contributed by atoms with Crippen LogP contribution in [0.15, 0.2) is 47.1 Å². The monoisotopic (exact) mass is 447 g/mol. The number of aromatic nitrogens is 1. The summed E-state index contributed by atoms with van der Waals surface area (Å²) in [7, 11) is 0. The van der Waals surface area contributed by atoms with Gasteiger partial charge in [0.2, 0.25) is 0 Å². The molecule has 0 spiro atoms. The van der Waals surface area contributed by atoms with Gasteiger partial charge in [-0.25, -0.2) is 14.6 Å². The quantitative estimate of drug-likeness (QED) is 0.551. The van der Waals surface area contributed by atoms with E-state index in [1.807, 2.05) is 49.4 Å². The summed E-state index contributed by atoms with van der Waals surface area (Å²) in [6, 6.07) is 10.4. The standard InChI is InChI=1S/C25H25N3O5/c1-2-12-26-25(31)28-21(29)15-33-24(30)22-18-9-3-4-11-20(18)27-23-16(7-5-10-19(22)23)14-17-8-6-13-32-17/h3-4,6,8-9,11,13-14H,2,5,7,10,12,15H2,1H3,(H2,26,28,29,31). The number of pyridine rings is 1. The molecule has 1 aliphatic rings. The highest BCUT2D eigenvalue weighted by Crippen LogP contribution is 2.36. The number of ether oxygens (including phenoxy) is 1. The minimum absolute atomic E-state index is 0.406. The molecular weight excluding hydrogens is 422 g/mol. The summed E-state index contributed by atoms with van der Waals surface area (Å²) in [4.78, 5) is 41.7. The summed E-state index contributed by atoms with van der Waals surface area (Å²) in [5, 5.41) is 5.36. The van der Waals surface area contributed by atoms with Crippen LogP contribution in [0.5, 0.6) is 0 Å². The van der Waals surface area contributed by atoms with Crippen LogP contribution in [0.25, 0.3) is 22.6 Å². The number of esters is 1. The van der Waals surface area contributed by atoms with Gasteiger partial charge in [0.15, 0.2) is 6.61 Å². The number of imide groups is 1. The molecule has 8 heteroatoms. The Bertz CT molecular complexity index is 1210. The van der Waals surface area contributed by atoms with Gasteiger partial charge in [-0.15, -0.1) is 0 Å². The summed E-state index contributed by atoms with van der Waals surface area (Å²) in [5.41, 5.74) is 3.59. The van der Waals surface area contributed by atoms with Crippen molar-refractivity contribution in [2.24, 2.45) is 0 Å². The smallest absolute Gasteiger partial charge is 0.339 e. The molecule has 170 valence electrons. The second-order valence-electron chi connectivity index (χ2n) is 7.75. The predicted molar refractivity (Wildman–Crippen MR) is 123 cm³/mol. The second-order valence-corrected chi connectivity index (χ2v) is 7.75. The molecule has 1 aromatic carbocycles. The summed E-state index contributed by atoms with van der Waals surface area (Å²) in [5.74, 6) is -0.592. The summed E-state index contributed by atoms with van der Waals surface area (Å²) in [6.45, 7) is 1.79. The molecule has 0 saturated heterocycles. The highest BCUT2D eigenvalue weighted by molar-refractivity contribution is 6.07. The summed E-state index contributed by atoms with van der Waals surface area (Å²) < 4.78 is 10.8. The van der Waals surface area contributed by atoms with Crippen LogP contribution in [-0.2, 0) is 16.0 Å². The van der Waals surface area contributed by atoms with Crippen molar-refractivity contribution in [3.05, 3.63) is 65.2 Å². The van der Waals surface area contributed by atoms with Crippen molar-refractivity contribution in [2.45, 2.75) is 32.6 Å². The first kappa shape index (κ1) is 22.3. The van der Waals surface area contributed by atoms with E-state index >= 15 is 0 Å². The molecule has 3 amide bonds. The number of hydrogen-bond donors (Lipinski definition) is 2. The Morgan fingerprint density at radius 2 is 2.00 bits per heavy atom. The molecule has 0 bridgehead atoms. The molecule has 0 radical (unpaired) electrons. The molecule has 2 N–H and O–H groups in total. The number of para-hydroxylation sites is 1. The Morgan fingerprint density at radius 3 is 2.79 bits per heavy atom. The van der Waals surface area contributed by atoms with Crippen LogP contribution in [-0.4, -0.2) is 36.0 Å². The number of amides is 3. The average Bonchev–Trinajstić information content (AvgIpc) is 3.33. The number of nitrogens with one attached hydrogen (secondary N) is 2. The molecule has 0 unspecified atom stereocenters. The van der Waals surface area contributed by atoms with E-state index in [2.05, 4.69) is 10.6 Å². The number of urea groups is 1. The normalized spacial score (nSPS) is 14.0. The van der Waals surface area contributed by atoms with Gasteiger partial charge in [-0.1, -0.05) is 25.1 Å². The zero-order valence-electron chi connectivity index (χ0n) is 18.3. The summed E-state index contributed by atoms with van der Waals surface area (Å²) >= 11 is 0. The van der Waals surface area contributed by atoms with Gasteiger partial charge >= 0.3 is 12.0 Å². The highest BCUT2D eigenvalue weighted by Gasteiger charge is 2.26. The van der Waals surface area contributed by atoms with Crippen LogP contribution in [0.2, 0.25) is 0 Å². The maximum atomic E-state index is 13.1. The van der Waals surface area contributed by atoms with E-state index in [0.717, 1.165) is 41.9 Å². The third-order valence-electron chi connectivity index (χ3n) is 5.36. The van der Waals surface area contributed by atoms with E-state index in [1.165, 1.54) is 0 Å². The lowest BCUT2D eigenvalue weighted by Crippen LogP contribution is -2.41. The summed E-state index contributed by atoms with van der Waals surface area (Å²) in [6.07, 6.45) is 6.62. The molecule has 0 aliphatic heterocycles. The third-order valence-corrected chi connectivity index (χ3v) is 5.36. The molecule has 0 atom stereocenters. The number of fused-ring (bicyclic) bond motifs is 2. The Morgan fingerprint density at radius 1 is 1.15 bits per heavy atom. The number of hydrogen-bond acceptors (Lipinski definition) is 6. The topological polar surface area (TPSA) is 111 Å². The van der Waals surface area contributed by atoms with Crippen molar-refractivity contribution in [3.63, 3.8) is 0 Å². The molecule has 0 saturated carbocycles. The van der Waals surface area contributed by atoms with Crippen molar-refractivity contribution in [2.75, 3.05) is 13.2 Å². The maximum Gasteiger partial charge on any atom is 0.339 e. The number of furan rings is 1. The molecular formula is C25H25N3O5. The first-order valence-electron chi connectivity index (χ1n) is 11.0. The van der Waals surface area contributed by atoms with Crippen LogP contribution in [0.4, 0.5) is 4.79 Å². The molecule has 8 nitrogen and oxygen atoms in total. The van der Waals surface area contributed by atoms with Crippen LogP contribution in [0.3, 0.4) is 0 Å². The van der Waals surface area contributed by atoms with Gasteiger partial charge in [-0.3, -0.25) is 10.1 Å². The van der Waals surface area contributed by atoms with E-state index < -0.39 is 24.5 Å². The van der Waals surface area contributed by atoms with Gasteiger partial charge in [0.05, 0.1) is 23.0 Å². The van der Waals surface area contributed by atoms with Crippen LogP contribution in [0.1, 0.15) is 53.6 Å². The number of carbonyl (C=O) groups excluding carboxylic acids is 3. The molecule has 2 heterocycles. The Labute approximate surface area is 191 Å². The number of nitrogens with zero attached hydrogens (tertiary/aromatic N) is 1. The van der Waals surface area contributed by atoms with Gasteiger partial charge < -0.3 is 14.5 Å². The Balaban J connectivity index is 1.62. The fourth-order valence-corrected chi connectivity index (χ4v) is 3.90. The van der Waals surface area contributed by atoms with E-state index in [4.69, 9.17) is 14.1 Å². The number of carbonyl (C=O) groups is 3. The lowest BCUT2D eigenvalue weighted by atomic mass is 9.86. The molecule has 2 aromatic heterocycles. The third kappa shape index (κ3) is 5.11. The SMILES string of the molecule is CCCNC(=O)NC(=O)COC(=O)c1c2c(nc3ccccc13)C(=Cc1ccco1)CCC2. The lowest BCUT2D eigenvalue weighted by molar-refractivity contribution is -0.123.